The summed E-state index contributed by atoms with van der Waals surface area (Å²) in [5, 5.41) is 12.5. The number of amides is 2. The van der Waals surface area contributed by atoms with Crippen LogP contribution in [0.1, 0.15) is 24.1 Å². The Morgan fingerprint density at radius 3 is 2.76 bits per heavy atom. The fourth-order valence-corrected chi connectivity index (χ4v) is 3.30. The van der Waals surface area contributed by atoms with Gasteiger partial charge in [-0.2, -0.15) is 5.26 Å². The maximum Gasteiger partial charge on any atom is 0.411 e. The number of aromatic nitrogens is 2. The molecule has 1 aromatic carbocycles. The predicted molar refractivity (Wildman–Crippen MR) is 104 cm³/mol. The van der Waals surface area contributed by atoms with Gasteiger partial charge in [0.05, 0.1) is 18.3 Å². The number of nitriles is 1. The lowest BCUT2D eigenvalue weighted by molar-refractivity contribution is -0.126. The molecule has 2 unspecified atom stereocenters. The van der Waals surface area contributed by atoms with Gasteiger partial charge in [0.15, 0.2) is 5.15 Å². The Morgan fingerprint density at radius 2 is 2.03 bits per heavy atom. The first-order valence-corrected chi connectivity index (χ1v) is 9.56. The molecule has 9 heteroatoms. The predicted octanol–water partition coefficient (Wildman–Crippen LogP) is 2.69. The Morgan fingerprint density at radius 1 is 1.28 bits per heavy atom. The minimum atomic E-state index is -0.720. The molecule has 1 saturated heterocycles. The number of benzene rings is 1. The van der Waals surface area contributed by atoms with Crippen molar-refractivity contribution < 1.29 is 14.3 Å². The molecule has 0 saturated carbocycles. The summed E-state index contributed by atoms with van der Waals surface area (Å²) in [6.45, 7) is 0.564. The van der Waals surface area contributed by atoms with Crippen LogP contribution in [0.25, 0.3) is 0 Å². The number of rotatable bonds is 5. The lowest BCUT2D eigenvalue weighted by Crippen LogP contribution is -2.48. The van der Waals surface area contributed by atoms with Crippen LogP contribution in [0.3, 0.4) is 0 Å². The number of carbonyl (C=O) groups excluding carboxylic acids is 2. The zero-order valence-electron chi connectivity index (χ0n) is 15.6. The second-order valence-electron chi connectivity index (χ2n) is 6.61. The Hall–Kier alpha value is -3.18. The summed E-state index contributed by atoms with van der Waals surface area (Å²) in [5.74, 6) is -0.586. The number of nitrogens with zero attached hydrogens (tertiary/aromatic N) is 4. The van der Waals surface area contributed by atoms with Crippen LogP contribution < -0.4 is 5.32 Å². The average molecular weight is 414 g/mol. The summed E-state index contributed by atoms with van der Waals surface area (Å²) in [6.07, 6.45) is 3.11. The van der Waals surface area contributed by atoms with Crippen LogP contribution in [0, 0.1) is 17.2 Å². The number of carbonyl (C=O) groups is 2. The van der Waals surface area contributed by atoms with Gasteiger partial charge in [-0.25, -0.2) is 9.78 Å². The molecule has 1 aromatic heterocycles. The van der Waals surface area contributed by atoms with E-state index in [9.17, 15) is 14.9 Å². The molecule has 2 heterocycles. The number of ether oxygens (including phenoxy) is 1. The number of nitrogens with one attached hydrogen (secondary N) is 1. The van der Waals surface area contributed by atoms with E-state index in [0.717, 1.165) is 5.56 Å². The molecule has 0 bridgehead atoms. The number of likely N-dealkylation sites (tertiary alicyclic amines) is 1. The third kappa shape index (κ3) is 5.42. The molecule has 3 rings (SSSR count). The van der Waals surface area contributed by atoms with Gasteiger partial charge in [-0.15, -0.1) is 0 Å². The quantitative estimate of drug-likeness (QED) is 0.807. The molecule has 0 radical (unpaired) electrons. The fraction of sp³-hybridized carbons (Fsp3) is 0.350. The van der Waals surface area contributed by atoms with E-state index in [1.54, 1.807) is 0 Å². The molecule has 29 heavy (non-hydrogen) atoms. The Balaban J connectivity index is 1.52. The molecule has 1 N–H and O–H groups in total. The molecule has 1 aliphatic rings. The van der Waals surface area contributed by atoms with Crippen LogP contribution in [0.5, 0.6) is 0 Å². The summed E-state index contributed by atoms with van der Waals surface area (Å²) in [6, 6.07) is 10.7. The van der Waals surface area contributed by atoms with Crippen molar-refractivity contribution in [3.8, 4) is 6.07 Å². The molecular weight excluding hydrogens is 394 g/mol. The first-order chi connectivity index (χ1) is 14.1. The van der Waals surface area contributed by atoms with E-state index < -0.39 is 12.1 Å². The van der Waals surface area contributed by atoms with Gasteiger partial charge in [-0.3, -0.25) is 14.7 Å². The van der Waals surface area contributed by atoms with E-state index in [-0.39, 0.29) is 43.1 Å². The molecule has 2 aromatic rings. The van der Waals surface area contributed by atoms with Gasteiger partial charge in [0.1, 0.15) is 12.6 Å². The smallest absolute Gasteiger partial charge is 0.411 e. The van der Waals surface area contributed by atoms with Gasteiger partial charge in [-0.1, -0.05) is 41.9 Å². The third-order valence-electron chi connectivity index (χ3n) is 4.72. The van der Waals surface area contributed by atoms with E-state index in [1.165, 1.54) is 17.3 Å². The second-order valence-corrected chi connectivity index (χ2v) is 6.97. The highest BCUT2D eigenvalue weighted by molar-refractivity contribution is 6.29. The number of hydrogen-bond acceptors (Lipinski definition) is 6. The van der Waals surface area contributed by atoms with Crippen molar-refractivity contribution in [3.05, 3.63) is 59.1 Å². The molecular formula is C20H20ClN5O3. The minimum Gasteiger partial charge on any atom is -0.445 e. The SMILES string of the molecule is N#CC1CC(C(=O)NCc2nccnc2Cl)CCN1C(=O)OCc1ccccc1. The molecule has 2 atom stereocenters. The van der Waals surface area contributed by atoms with Gasteiger partial charge in [-0.05, 0) is 18.4 Å². The van der Waals surface area contributed by atoms with Crippen molar-refractivity contribution in [2.45, 2.75) is 32.0 Å². The van der Waals surface area contributed by atoms with Crippen LogP contribution in [0.4, 0.5) is 4.79 Å². The van der Waals surface area contributed by atoms with Gasteiger partial charge in [0, 0.05) is 24.9 Å². The summed E-state index contributed by atoms with van der Waals surface area (Å²) in [5.41, 5.74) is 1.34. The molecule has 150 valence electrons. The van der Waals surface area contributed by atoms with Gasteiger partial charge >= 0.3 is 6.09 Å². The van der Waals surface area contributed by atoms with E-state index >= 15 is 0 Å². The number of hydrogen-bond donors (Lipinski definition) is 1. The second kappa shape index (κ2) is 9.85. The highest BCUT2D eigenvalue weighted by Gasteiger charge is 2.35. The first-order valence-electron chi connectivity index (χ1n) is 9.18. The first kappa shape index (κ1) is 20.6. The highest BCUT2D eigenvalue weighted by Crippen LogP contribution is 2.24. The summed E-state index contributed by atoms with van der Waals surface area (Å²) < 4.78 is 5.32. The third-order valence-corrected chi connectivity index (χ3v) is 5.03. The van der Waals surface area contributed by atoms with Crippen molar-refractivity contribution in [2.75, 3.05) is 6.54 Å². The van der Waals surface area contributed by atoms with Crippen LogP contribution in [-0.4, -0.2) is 39.5 Å². The van der Waals surface area contributed by atoms with E-state index in [4.69, 9.17) is 16.3 Å². The van der Waals surface area contributed by atoms with Crippen LogP contribution in [0.2, 0.25) is 5.15 Å². The van der Waals surface area contributed by atoms with E-state index in [2.05, 4.69) is 21.4 Å². The van der Waals surface area contributed by atoms with Gasteiger partial charge in [0.25, 0.3) is 0 Å². The largest absolute Gasteiger partial charge is 0.445 e. The van der Waals surface area contributed by atoms with Crippen LogP contribution in [0.15, 0.2) is 42.7 Å². The van der Waals surface area contributed by atoms with Crippen molar-refractivity contribution >= 4 is 23.6 Å². The maximum atomic E-state index is 12.5. The molecule has 1 fully saturated rings. The zero-order chi connectivity index (χ0) is 20.6. The summed E-state index contributed by atoms with van der Waals surface area (Å²) in [7, 11) is 0. The molecule has 0 spiro atoms. The van der Waals surface area contributed by atoms with Crippen LogP contribution in [-0.2, 0) is 22.7 Å². The Labute approximate surface area is 173 Å². The van der Waals surface area contributed by atoms with E-state index in [0.29, 0.717) is 12.1 Å². The molecule has 8 nitrogen and oxygen atoms in total. The number of piperidine rings is 1. The lowest BCUT2D eigenvalue weighted by atomic mass is 9.91. The zero-order valence-corrected chi connectivity index (χ0v) is 16.4. The normalized spacial score (nSPS) is 18.6. The average Bonchev–Trinajstić information content (AvgIpc) is 2.77. The maximum absolute atomic E-state index is 12.5. The summed E-state index contributed by atoms with van der Waals surface area (Å²) >= 11 is 5.94. The van der Waals surface area contributed by atoms with Crippen LogP contribution >= 0.6 is 11.6 Å². The van der Waals surface area contributed by atoms with E-state index in [1.807, 2.05) is 30.3 Å². The monoisotopic (exact) mass is 413 g/mol. The molecule has 0 aliphatic carbocycles. The highest BCUT2D eigenvalue weighted by atomic mass is 35.5. The van der Waals surface area contributed by atoms with Crippen molar-refractivity contribution in [1.82, 2.24) is 20.2 Å². The Kier molecular flexibility index (Phi) is 6.98. The standard InChI is InChI=1S/C20H20ClN5O3/c21-18-17(23-7-8-24-18)12-25-19(27)15-6-9-26(16(10-15)11-22)20(28)29-13-14-4-2-1-3-5-14/h1-5,7-8,15-16H,6,9-10,12-13H2,(H,25,27). The van der Waals surface area contributed by atoms with Crippen molar-refractivity contribution in [1.29, 1.82) is 5.26 Å². The molecule has 2 amide bonds. The topological polar surface area (TPSA) is 108 Å². The Bertz CT molecular complexity index is 902. The number of halogens is 1. The van der Waals surface area contributed by atoms with Crippen molar-refractivity contribution in [2.24, 2.45) is 5.92 Å². The van der Waals surface area contributed by atoms with Crippen molar-refractivity contribution in [3.63, 3.8) is 0 Å². The molecule has 1 aliphatic heterocycles. The minimum absolute atomic E-state index is 0.136. The van der Waals surface area contributed by atoms with Gasteiger partial charge < -0.3 is 10.1 Å². The lowest BCUT2D eigenvalue weighted by Gasteiger charge is -2.34. The fourth-order valence-electron chi connectivity index (χ4n) is 3.13. The van der Waals surface area contributed by atoms with Gasteiger partial charge in [0.2, 0.25) is 5.91 Å². The summed E-state index contributed by atoms with van der Waals surface area (Å²) in [4.78, 5) is 34.2.